The Labute approximate surface area is 137 Å². The van der Waals surface area contributed by atoms with E-state index in [2.05, 4.69) is 0 Å². The van der Waals surface area contributed by atoms with Gasteiger partial charge in [0.05, 0.1) is 30.6 Å². The highest BCUT2D eigenvalue weighted by atomic mass is 35.5. The Bertz CT molecular complexity index is 375. The van der Waals surface area contributed by atoms with Crippen LogP contribution in [0.15, 0.2) is 0 Å². The van der Waals surface area contributed by atoms with Crippen molar-refractivity contribution in [2.24, 2.45) is 0 Å². The quantitative estimate of drug-likeness (QED) is 0.359. The monoisotopic (exact) mass is 362 g/mol. The molecule has 0 aromatic carbocycles. The van der Waals surface area contributed by atoms with Crippen LogP contribution in [0.5, 0.6) is 0 Å². The van der Waals surface area contributed by atoms with E-state index < -0.39 is 48.7 Å². The van der Waals surface area contributed by atoms with E-state index in [4.69, 9.17) is 42.5 Å². The molecule has 2 saturated heterocycles. The van der Waals surface area contributed by atoms with Crippen LogP contribution in [0.1, 0.15) is 6.42 Å². The molecule has 0 aromatic heterocycles. The molecule has 2 aliphatic heterocycles. The Balaban J connectivity index is 2.15. The maximum atomic E-state index is 10.1. The molecule has 2 fully saturated rings. The molecule has 0 aromatic rings. The Morgan fingerprint density at radius 3 is 2.32 bits per heavy atom. The Morgan fingerprint density at radius 1 is 1.14 bits per heavy atom. The highest BCUT2D eigenvalue weighted by molar-refractivity contribution is 6.19. The Hall–Kier alpha value is 0.260. The fraction of sp³-hybridized carbons (Fsp3) is 1.00. The molecule has 2 aliphatic rings. The van der Waals surface area contributed by atoms with E-state index in [9.17, 15) is 20.4 Å². The van der Waals surface area contributed by atoms with Crippen molar-refractivity contribution in [1.29, 1.82) is 0 Å². The van der Waals surface area contributed by atoms with Gasteiger partial charge in [-0.25, -0.2) is 0 Å². The maximum Gasteiger partial charge on any atom is 0.214 e. The molecule has 8 atom stereocenters. The van der Waals surface area contributed by atoms with Crippen LogP contribution >= 0.6 is 23.2 Å². The summed E-state index contributed by atoms with van der Waals surface area (Å²) in [5, 5.41) is 48.8. The van der Waals surface area contributed by atoms with Gasteiger partial charge >= 0.3 is 0 Å². The number of rotatable bonds is 5. The fourth-order valence-electron chi connectivity index (χ4n) is 2.55. The van der Waals surface area contributed by atoms with Crippen molar-refractivity contribution in [1.82, 2.24) is 0 Å². The second kappa shape index (κ2) is 7.43. The first-order valence-corrected chi connectivity index (χ1v) is 7.91. The fourth-order valence-corrected chi connectivity index (χ4v) is 3.08. The summed E-state index contributed by atoms with van der Waals surface area (Å²) in [6.45, 7) is -0.381. The van der Waals surface area contributed by atoms with Gasteiger partial charge in [0.25, 0.3) is 0 Å². The molecule has 8 nitrogen and oxygen atoms in total. The molecule has 10 heteroatoms. The van der Waals surface area contributed by atoms with Gasteiger partial charge in [-0.1, -0.05) is 0 Å². The number of aliphatic hydroxyl groups is 5. The molecule has 2 rings (SSSR count). The van der Waals surface area contributed by atoms with Gasteiger partial charge in [-0.3, -0.25) is 0 Å². The first-order valence-electron chi connectivity index (χ1n) is 6.84. The molecule has 0 amide bonds. The predicted octanol–water partition coefficient (Wildman–Crippen LogP) is -1.87. The van der Waals surface area contributed by atoms with Crippen LogP contribution in [0.3, 0.4) is 0 Å². The number of alkyl halides is 2. The van der Waals surface area contributed by atoms with Crippen LogP contribution in [-0.2, 0) is 14.2 Å². The number of halogens is 2. The first kappa shape index (κ1) is 18.6. The van der Waals surface area contributed by atoms with Crippen LogP contribution in [0.2, 0.25) is 0 Å². The summed E-state index contributed by atoms with van der Waals surface area (Å²) in [5.74, 6) is -2.31. The van der Waals surface area contributed by atoms with Crippen molar-refractivity contribution >= 4 is 23.2 Å². The standard InChI is InChI=1S/C12H20Cl2O8/c13-2-7-9(18)10(19)12(4-14,21-7)22-11-8(17)6(16)1-5(3-15)20-11/h5-11,15-19H,1-4H2/t5-,6-,7+,8+,9+,10-,11-,12+/m0/s1. The van der Waals surface area contributed by atoms with E-state index in [1.54, 1.807) is 0 Å². The lowest BCUT2D eigenvalue weighted by Crippen LogP contribution is -2.57. The van der Waals surface area contributed by atoms with Gasteiger partial charge in [0.1, 0.15) is 24.4 Å². The molecule has 0 spiro atoms. The van der Waals surface area contributed by atoms with Crippen molar-refractivity contribution in [3.8, 4) is 0 Å². The van der Waals surface area contributed by atoms with Crippen LogP contribution in [0, 0.1) is 0 Å². The van der Waals surface area contributed by atoms with Gasteiger partial charge in [-0.2, -0.15) is 0 Å². The number of hydrogen-bond donors (Lipinski definition) is 5. The highest BCUT2D eigenvalue weighted by Crippen LogP contribution is 2.37. The van der Waals surface area contributed by atoms with Gasteiger partial charge in [-0.15, -0.1) is 23.2 Å². The third kappa shape index (κ3) is 3.36. The minimum absolute atomic E-state index is 0.0295. The molecule has 0 bridgehead atoms. The third-order valence-corrected chi connectivity index (χ3v) is 4.54. The van der Waals surface area contributed by atoms with Crippen LogP contribution in [-0.4, -0.2) is 92.6 Å². The average molecular weight is 363 g/mol. The summed E-state index contributed by atoms with van der Waals surface area (Å²) in [7, 11) is 0. The topological polar surface area (TPSA) is 129 Å². The molecule has 0 radical (unpaired) electrons. The Morgan fingerprint density at radius 2 is 1.82 bits per heavy atom. The lowest BCUT2D eigenvalue weighted by atomic mass is 10.0. The van der Waals surface area contributed by atoms with Crippen molar-refractivity contribution in [3.05, 3.63) is 0 Å². The summed E-state index contributed by atoms with van der Waals surface area (Å²) in [6.07, 6.45) is -8.47. The van der Waals surface area contributed by atoms with Gasteiger partial charge in [0.2, 0.25) is 5.79 Å². The molecule has 22 heavy (non-hydrogen) atoms. The molecule has 2 heterocycles. The van der Waals surface area contributed by atoms with E-state index in [0.29, 0.717) is 0 Å². The van der Waals surface area contributed by atoms with Gasteiger partial charge in [-0.05, 0) is 0 Å². The minimum Gasteiger partial charge on any atom is -0.394 e. The zero-order valence-corrected chi connectivity index (χ0v) is 13.1. The van der Waals surface area contributed by atoms with Crippen molar-refractivity contribution in [2.75, 3.05) is 18.4 Å². The molecule has 0 unspecified atom stereocenters. The largest absolute Gasteiger partial charge is 0.394 e. The zero-order valence-electron chi connectivity index (χ0n) is 11.6. The van der Waals surface area contributed by atoms with Gasteiger partial charge < -0.3 is 39.7 Å². The number of aliphatic hydroxyl groups excluding tert-OH is 5. The van der Waals surface area contributed by atoms with E-state index in [1.165, 1.54) is 0 Å². The second-order valence-electron chi connectivity index (χ2n) is 5.41. The molecule has 5 N–H and O–H groups in total. The van der Waals surface area contributed by atoms with E-state index in [1.807, 2.05) is 0 Å². The number of hydrogen-bond acceptors (Lipinski definition) is 8. The van der Waals surface area contributed by atoms with E-state index in [-0.39, 0.29) is 24.8 Å². The zero-order chi connectivity index (χ0) is 16.5. The molecule has 130 valence electrons. The molecular formula is C12H20Cl2O8. The summed E-state index contributed by atoms with van der Waals surface area (Å²) in [5.41, 5.74) is 0. The highest BCUT2D eigenvalue weighted by Gasteiger charge is 2.57. The van der Waals surface area contributed by atoms with Crippen molar-refractivity contribution in [3.63, 3.8) is 0 Å². The lowest BCUT2D eigenvalue weighted by Gasteiger charge is -2.41. The molecule has 0 aliphatic carbocycles. The van der Waals surface area contributed by atoms with E-state index >= 15 is 0 Å². The Kier molecular flexibility index (Phi) is 6.28. The smallest absolute Gasteiger partial charge is 0.214 e. The SMILES string of the molecule is OC[C@@H]1C[C@H](O)[C@@H](O)[C@H](O[C@@]2(CCl)O[C@H](CCl)[C@@H](O)[C@@H]2O)O1. The normalized spacial score (nSPS) is 49.5. The van der Waals surface area contributed by atoms with Gasteiger partial charge in [0.15, 0.2) is 6.29 Å². The first-order chi connectivity index (χ1) is 10.4. The minimum atomic E-state index is -1.84. The maximum absolute atomic E-state index is 10.1. The van der Waals surface area contributed by atoms with Crippen molar-refractivity contribution < 1.29 is 39.7 Å². The van der Waals surface area contributed by atoms with Crippen molar-refractivity contribution in [2.45, 2.75) is 55.1 Å². The van der Waals surface area contributed by atoms with Crippen LogP contribution < -0.4 is 0 Å². The summed E-state index contributed by atoms with van der Waals surface area (Å²) >= 11 is 11.5. The average Bonchev–Trinajstić information content (AvgIpc) is 2.76. The number of ether oxygens (including phenoxy) is 3. The summed E-state index contributed by atoms with van der Waals surface area (Å²) < 4.78 is 16.2. The predicted molar refractivity (Wildman–Crippen MR) is 74.5 cm³/mol. The lowest BCUT2D eigenvalue weighted by molar-refractivity contribution is -0.358. The third-order valence-electron chi connectivity index (χ3n) is 3.87. The summed E-state index contributed by atoms with van der Waals surface area (Å²) in [4.78, 5) is 0. The van der Waals surface area contributed by atoms with Gasteiger partial charge in [0, 0.05) is 6.42 Å². The molecule has 0 saturated carbocycles. The molecular weight excluding hydrogens is 343 g/mol. The summed E-state index contributed by atoms with van der Waals surface area (Å²) in [6, 6.07) is 0. The second-order valence-corrected chi connectivity index (χ2v) is 5.99. The van der Waals surface area contributed by atoms with Crippen LogP contribution in [0.4, 0.5) is 0 Å². The van der Waals surface area contributed by atoms with E-state index in [0.717, 1.165) is 0 Å². The van der Waals surface area contributed by atoms with Crippen LogP contribution in [0.25, 0.3) is 0 Å².